The quantitative estimate of drug-likeness (QED) is 0.863. The van der Waals surface area contributed by atoms with Gasteiger partial charge in [0.15, 0.2) is 0 Å². The number of rotatable bonds is 5. The van der Waals surface area contributed by atoms with Gasteiger partial charge in [-0.2, -0.15) is 5.26 Å². The average molecular weight is 353 g/mol. The number of aliphatic hydroxyl groups excluding tert-OH is 1. The Morgan fingerprint density at radius 2 is 2.08 bits per heavy atom. The summed E-state index contributed by atoms with van der Waals surface area (Å²) in [5, 5.41) is 30.1. The number of hydrogen-bond acceptors (Lipinski definition) is 6. The average Bonchev–Trinajstić information content (AvgIpc) is 3.17. The van der Waals surface area contributed by atoms with Crippen molar-refractivity contribution in [2.45, 2.75) is 0 Å². The van der Waals surface area contributed by atoms with Gasteiger partial charge in [-0.3, -0.25) is 5.41 Å². The SMILES string of the molecule is CN(C)CCN1CC(O)=C(c2nc(-c3ccc(C#N)cc3)cs2)C1=N. The highest BCUT2D eigenvalue weighted by atomic mass is 32.1. The van der Waals surface area contributed by atoms with Gasteiger partial charge in [0.25, 0.3) is 0 Å². The van der Waals surface area contributed by atoms with Crippen molar-refractivity contribution >= 4 is 22.7 Å². The molecule has 2 N–H and O–H groups in total. The van der Waals surface area contributed by atoms with E-state index in [2.05, 4.69) is 16.0 Å². The maximum Gasteiger partial charge on any atom is 0.135 e. The van der Waals surface area contributed by atoms with Gasteiger partial charge in [0.1, 0.15) is 16.6 Å². The molecule has 25 heavy (non-hydrogen) atoms. The Labute approximate surface area is 150 Å². The van der Waals surface area contributed by atoms with Gasteiger partial charge < -0.3 is 14.9 Å². The minimum atomic E-state index is 0.199. The zero-order chi connectivity index (χ0) is 18.0. The van der Waals surface area contributed by atoms with Crippen molar-refractivity contribution in [2.24, 2.45) is 0 Å². The van der Waals surface area contributed by atoms with Crippen molar-refractivity contribution < 1.29 is 5.11 Å². The lowest BCUT2D eigenvalue weighted by Crippen LogP contribution is -2.33. The van der Waals surface area contributed by atoms with E-state index >= 15 is 0 Å². The van der Waals surface area contributed by atoms with Gasteiger partial charge in [-0.05, 0) is 26.2 Å². The number of nitrogens with zero attached hydrogens (tertiary/aromatic N) is 4. The molecule has 3 rings (SSSR count). The Hall–Kier alpha value is -2.69. The molecule has 0 atom stereocenters. The minimum absolute atomic E-state index is 0.199. The van der Waals surface area contributed by atoms with E-state index in [0.717, 1.165) is 17.8 Å². The predicted octanol–water partition coefficient (Wildman–Crippen LogP) is 2.81. The largest absolute Gasteiger partial charge is 0.510 e. The first-order valence-electron chi connectivity index (χ1n) is 7.86. The molecular weight excluding hydrogens is 334 g/mol. The summed E-state index contributed by atoms with van der Waals surface area (Å²) in [5.41, 5.74) is 2.82. The first kappa shape index (κ1) is 17.1. The van der Waals surface area contributed by atoms with Gasteiger partial charge in [0.05, 0.1) is 29.4 Å². The van der Waals surface area contributed by atoms with Crippen molar-refractivity contribution in [1.82, 2.24) is 14.8 Å². The Kier molecular flexibility index (Phi) is 4.83. The van der Waals surface area contributed by atoms with E-state index in [1.54, 1.807) is 12.1 Å². The van der Waals surface area contributed by atoms with Crippen molar-refractivity contribution in [1.29, 1.82) is 10.7 Å². The van der Waals surface area contributed by atoms with Crippen LogP contribution in [-0.2, 0) is 0 Å². The lowest BCUT2D eigenvalue weighted by atomic mass is 10.1. The molecule has 0 saturated carbocycles. The summed E-state index contributed by atoms with van der Waals surface area (Å²) in [6.45, 7) is 1.86. The predicted molar refractivity (Wildman–Crippen MR) is 99.7 cm³/mol. The molecule has 1 aromatic heterocycles. The highest BCUT2D eigenvalue weighted by molar-refractivity contribution is 7.11. The summed E-state index contributed by atoms with van der Waals surface area (Å²) in [6, 6.07) is 9.32. The van der Waals surface area contributed by atoms with Crippen LogP contribution in [0.4, 0.5) is 0 Å². The second-order valence-corrected chi connectivity index (χ2v) is 6.98. The molecule has 1 aliphatic rings. The highest BCUT2D eigenvalue weighted by Gasteiger charge is 2.30. The summed E-state index contributed by atoms with van der Waals surface area (Å²) in [6.07, 6.45) is 0. The topological polar surface area (TPSA) is 87.2 Å². The lowest BCUT2D eigenvalue weighted by Gasteiger charge is -2.20. The van der Waals surface area contributed by atoms with E-state index in [-0.39, 0.29) is 5.76 Å². The van der Waals surface area contributed by atoms with Gasteiger partial charge in [0.2, 0.25) is 0 Å². The van der Waals surface area contributed by atoms with Crippen LogP contribution in [0.15, 0.2) is 35.4 Å². The zero-order valence-electron chi connectivity index (χ0n) is 14.2. The molecule has 0 fully saturated rings. The van der Waals surface area contributed by atoms with Crippen LogP contribution in [0, 0.1) is 16.7 Å². The minimum Gasteiger partial charge on any atom is -0.510 e. The smallest absolute Gasteiger partial charge is 0.135 e. The Morgan fingerprint density at radius 3 is 2.72 bits per heavy atom. The lowest BCUT2D eigenvalue weighted by molar-refractivity contribution is 0.313. The molecule has 128 valence electrons. The number of nitrogens with one attached hydrogen (secondary N) is 1. The van der Waals surface area contributed by atoms with E-state index in [1.165, 1.54) is 11.3 Å². The normalized spacial score (nSPS) is 14.5. The fourth-order valence-electron chi connectivity index (χ4n) is 2.61. The molecule has 7 heteroatoms. The van der Waals surface area contributed by atoms with Crippen LogP contribution in [0.1, 0.15) is 10.6 Å². The van der Waals surface area contributed by atoms with Gasteiger partial charge >= 0.3 is 0 Å². The van der Waals surface area contributed by atoms with Gasteiger partial charge in [-0.1, -0.05) is 12.1 Å². The molecule has 1 aliphatic heterocycles. The van der Waals surface area contributed by atoms with Crippen LogP contribution in [0.3, 0.4) is 0 Å². The standard InChI is InChI=1S/C18H19N5OS/c1-22(2)7-8-23-10-15(24)16(17(23)20)18-21-14(11-25-18)13-5-3-12(9-19)4-6-13/h3-6,11,20,24H,7-8,10H2,1-2H3. The Balaban J connectivity index is 1.80. The molecular formula is C18H19N5OS. The number of aliphatic hydroxyl groups is 1. The zero-order valence-corrected chi connectivity index (χ0v) is 15.0. The number of thiazole rings is 1. The fraction of sp³-hybridized carbons (Fsp3) is 0.278. The molecule has 0 saturated heterocycles. The fourth-order valence-corrected chi connectivity index (χ4v) is 3.50. The number of likely N-dealkylation sites (N-methyl/N-ethyl adjacent to an activating group) is 1. The summed E-state index contributed by atoms with van der Waals surface area (Å²) in [7, 11) is 3.97. The van der Waals surface area contributed by atoms with Crippen molar-refractivity contribution in [3.8, 4) is 17.3 Å². The second-order valence-electron chi connectivity index (χ2n) is 6.12. The number of benzene rings is 1. The third-order valence-corrected chi connectivity index (χ3v) is 4.89. The van der Waals surface area contributed by atoms with E-state index in [9.17, 15) is 5.11 Å². The summed E-state index contributed by atoms with van der Waals surface area (Å²) in [4.78, 5) is 8.49. The van der Waals surface area contributed by atoms with E-state index < -0.39 is 0 Å². The molecule has 0 amide bonds. The number of aromatic nitrogens is 1. The van der Waals surface area contributed by atoms with Gasteiger partial charge in [-0.25, -0.2) is 4.98 Å². The number of hydrogen-bond donors (Lipinski definition) is 2. The molecule has 0 radical (unpaired) electrons. The molecule has 0 aliphatic carbocycles. The van der Waals surface area contributed by atoms with Crippen LogP contribution >= 0.6 is 11.3 Å². The molecule has 0 spiro atoms. The third-order valence-electron chi connectivity index (χ3n) is 4.03. The van der Waals surface area contributed by atoms with E-state index in [1.807, 2.05) is 36.5 Å². The molecule has 2 aromatic rings. The summed E-state index contributed by atoms with van der Waals surface area (Å²) in [5.74, 6) is 0.518. The van der Waals surface area contributed by atoms with Crippen LogP contribution in [0.5, 0.6) is 0 Å². The van der Waals surface area contributed by atoms with Gasteiger partial charge in [-0.15, -0.1) is 11.3 Å². The van der Waals surface area contributed by atoms with Crippen LogP contribution < -0.4 is 0 Å². The Morgan fingerprint density at radius 1 is 1.36 bits per heavy atom. The summed E-state index contributed by atoms with van der Waals surface area (Å²) < 4.78 is 0. The number of nitriles is 1. The second kappa shape index (κ2) is 7.05. The van der Waals surface area contributed by atoms with Crippen molar-refractivity contribution in [2.75, 3.05) is 33.7 Å². The van der Waals surface area contributed by atoms with E-state index in [0.29, 0.717) is 35.1 Å². The van der Waals surface area contributed by atoms with Crippen molar-refractivity contribution in [3.05, 3.63) is 46.0 Å². The monoisotopic (exact) mass is 353 g/mol. The van der Waals surface area contributed by atoms with E-state index in [4.69, 9.17) is 10.7 Å². The molecule has 0 bridgehead atoms. The maximum atomic E-state index is 10.3. The summed E-state index contributed by atoms with van der Waals surface area (Å²) >= 11 is 1.41. The molecule has 2 heterocycles. The molecule has 1 aromatic carbocycles. The maximum absolute atomic E-state index is 10.3. The van der Waals surface area contributed by atoms with Gasteiger partial charge in [0, 0.05) is 24.0 Å². The first-order valence-corrected chi connectivity index (χ1v) is 8.74. The van der Waals surface area contributed by atoms with Crippen LogP contribution in [-0.4, -0.2) is 59.5 Å². The first-order chi connectivity index (χ1) is 12.0. The molecule has 0 unspecified atom stereocenters. The van der Waals surface area contributed by atoms with Crippen LogP contribution in [0.2, 0.25) is 0 Å². The Bertz CT molecular complexity index is 860. The van der Waals surface area contributed by atoms with Crippen molar-refractivity contribution in [3.63, 3.8) is 0 Å². The van der Waals surface area contributed by atoms with Crippen LogP contribution in [0.25, 0.3) is 16.8 Å². The molecule has 6 nitrogen and oxygen atoms in total. The number of amidine groups is 1. The third kappa shape index (κ3) is 3.55. The highest BCUT2D eigenvalue weighted by Crippen LogP contribution is 2.32.